The Morgan fingerprint density at radius 2 is 1.69 bits per heavy atom. The van der Waals surface area contributed by atoms with E-state index >= 15 is 0 Å². The molecule has 0 aliphatic heterocycles. The molecule has 0 radical (unpaired) electrons. The van der Waals surface area contributed by atoms with Crippen LogP contribution in [-0.2, 0) is 10.0 Å². The van der Waals surface area contributed by atoms with Crippen molar-refractivity contribution < 1.29 is 17.9 Å². The van der Waals surface area contributed by atoms with E-state index < -0.39 is 10.0 Å². The Morgan fingerprint density at radius 3 is 2.27 bits per heavy atom. The molecule has 6 nitrogen and oxygen atoms in total. The first-order chi connectivity index (χ1) is 12.4. The van der Waals surface area contributed by atoms with Gasteiger partial charge in [0.05, 0.1) is 11.5 Å². The number of carbonyl (C=O) groups is 1. The molecule has 0 aliphatic carbocycles. The SMILES string of the molecule is CCOc1cccc(C(=O)Nc2ccc(S(=O)(=O)N(CC)CC)cc2)c1. The minimum Gasteiger partial charge on any atom is -0.494 e. The number of amides is 1. The maximum atomic E-state index is 12.5. The normalized spacial score (nSPS) is 11.4. The quantitative estimate of drug-likeness (QED) is 0.766. The van der Waals surface area contributed by atoms with Crippen molar-refractivity contribution >= 4 is 21.6 Å². The Balaban J connectivity index is 2.14. The van der Waals surface area contributed by atoms with Gasteiger partial charge in [0, 0.05) is 24.3 Å². The Morgan fingerprint density at radius 1 is 1.04 bits per heavy atom. The monoisotopic (exact) mass is 376 g/mol. The summed E-state index contributed by atoms with van der Waals surface area (Å²) in [5.74, 6) is 0.340. The molecule has 140 valence electrons. The molecule has 0 saturated carbocycles. The number of benzene rings is 2. The van der Waals surface area contributed by atoms with Gasteiger partial charge in [-0.2, -0.15) is 4.31 Å². The molecule has 2 rings (SSSR count). The molecule has 1 N–H and O–H groups in total. The predicted molar refractivity (Wildman–Crippen MR) is 102 cm³/mol. The minimum absolute atomic E-state index is 0.206. The second-order valence-corrected chi connectivity index (χ2v) is 7.47. The molecule has 0 heterocycles. The highest BCUT2D eigenvalue weighted by Gasteiger charge is 2.21. The molecular weight excluding hydrogens is 352 g/mol. The Kier molecular flexibility index (Phi) is 6.76. The summed E-state index contributed by atoms with van der Waals surface area (Å²) in [6, 6.07) is 13.1. The van der Waals surface area contributed by atoms with Crippen LogP contribution in [0.2, 0.25) is 0 Å². The molecule has 26 heavy (non-hydrogen) atoms. The second-order valence-electron chi connectivity index (χ2n) is 5.53. The number of anilines is 1. The van der Waals surface area contributed by atoms with E-state index in [1.54, 1.807) is 50.2 Å². The third-order valence-electron chi connectivity index (χ3n) is 3.86. The van der Waals surface area contributed by atoms with Crippen LogP contribution >= 0.6 is 0 Å². The lowest BCUT2D eigenvalue weighted by atomic mass is 10.2. The molecule has 0 fully saturated rings. The smallest absolute Gasteiger partial charge is 0.255 e. The van der Waals surface area contributed by atoms with Gasteiger partial charge >= 0.3 is 0 Å². The number of nitrogens with one attached hydrogen (secondary N) is 1. The summed E-state index contributed by atoms with van der Waals surface area (Å²) >= 11 is 0. The van der Waals surface area contributed by atoms with Gasteiger partial charge in [-0.1, -0.05) is 19.9 Å². The highest BCUT2D eigenvalue weighted by molar-refractivity contribution is 7.89. The third-order valence-corrected chi connectivity index (χ3v) is 5.93. The number of carbonyl (C=O) groups excluding carboxylic acids is 1. The van der Waals surface area contributed by atoms with Gasteiger partial charge in [-0.15, -0.1) is 0 Å². The van der Waals surface area contributed by atoms with Gasteiger partial charge in [0.25, 0.3) is 5.91 Å². The van der Waals surface area contributed by atoms with Gasteiger partial charge in [-0.05, 0) is 49.4 Å². The number of sulfonamides is 1. The van der Waals surface area contributed by atoms with E-state index in [9.17, 15) is 13.2 Å². The van der Waals surface area contributed by atoms with Crippen LogP contribution in [0.4, 0.5) is 5.69 Å². The fourth-order valence-electron chi connectivity index (χ4n) is 2.52. The third kappa shape index (κ3) is 4.62. The lowest BCUT2D eigenvalue weighted by molar-refractivity contribution is 0.102. The van der Waals surface area contributed by atoms with Crippen molar-refractivity contribution in [2.75, 3.05) is 25.0 Å². The molecule has 0 unspecified atom stereocenters. The second kappa shape index (κ2) is 8.82. The molecule has 0 spiro atoms. The number of nitrogens with zero attached hydrogens (tertiary/aromatic N) is 1. The van der Waals surface area contributed by atoms with Crippen LogP contribution in [-0.4, -0.2) is 38.3 Å². The van der Waals surface area contributed by atoms with Crippen LogP contribution in [0.15, 0.2) is 53.4 Å². The molecule has 7 heteroatoms. The number of rotatable bonds is 8. The van der Waals surface area contributed by atoms with E-state index in [2.05, 4.69) is 5.32 Å². The molecule has 0 aliphatic rings. The van der Waals surface area contributed by atoms with Gasteiger partial charge in [0.1, 0.15) is 5.75 Å². The highest BCUT2D eigenvalue weighted by atomic mass is 32.2. The van der Waals surface area contributed by atoms with Crippen LogP contribution in [0.3, 0.4) is 0 Å². The molecule has 2 aromatic rings. The van der Waals surface area contributed by atoms with Gasteiger partial charge in [-0.3, -0.25) is 4.79 Å². The summed E-state index contributed by atoms with van der Waals surface area (Å²) in [7, 11) is -3.51. The summed E-state index contributed by atoms with van der Waals surface area (Å²) in [4.78, 5) is 12.6. The minimum atomic E-state index is -3.51. The first-order valence-corrected chi connectivity index (χ1v) is 10.0. The van der Waals surface area contributed by atoms with Crippen molar-refractivity contribution in [3.05, 3.63) is 54.1 Å². The van der Waals surface area contributed by atoms with Crippen LogP contribution in [0.5, 0.6) is 5.75 Å². The molecule has 0 atom stereocenters. The zero-order valence-corrected chi connectivity index (χ0v) is 16.0. The number of hydrogen-bond donors (Lipinski definition) is 1. The first kappa shape index (κ1) is 19.9. The van der Waals surface area contributed by atoms with E-state index in [1.807, 2.05) is 6.92 Å². The van der Waals surface area contributed by atoms with Crippen LogP contribution in [0.25, 0.3) is 0 Å². The van der Waals surface area contributed by atoms with Crippen molar-refractivity contribution in [1.82, 2.24) is 4.31 Å². The van der Waals surface area contributed by atoms with Crippen molar-refractivity contribution in [2.24, 2.45) is 0 Å². The lowest BCUT2D eigenvalue weighted by Gasteiger charge is -2.18. The van der Waals surface area contributed by atoms with Crippen molar-refractivity contribution in [3.8, 4) is 5.75 Å². The van der Waals surface area contributed by atoms with Gasteiger partial charge in [0.15, 0.2) is 0 Å². The fraction of sp³-hybridized carbons (Fsp3) is 0.316. The van der Waals surface area contributed by atoms with E-state index in [-0.39, 0.29) is 10.8 Å². The van der Waals surface area contributed by atoms with Crippen molar-refractivity contribution in [1.29, 1.82) is 0 Å². The maximum absolute atomic E-state index is 12.5. The largest absolute Gasteiger partial charge is 0.494 e. The molecule has 0 bridgehead atoms. The summed E-state index contributed by atoms with van der Waals surface area (Å²) in [6.45, 7) is 6.81. The maximum Gasteiger partial charge on any atom is 0.255 e. The molecule has 1 amide bonds. The topological polar surface area (TPSA) is 75.7 Å². The Bertz CT molecular complexity index is 844. The number of ether oxygens (including phenoxy) is 1. The lowest BCUT2D eigenvalue weighted by Crippen LogP contribution is -2.30. The number of hydrogen-bond acceptors (Lipinski definition) is 4. The van der Waals surface area contributed by atoms with Crippen molar-refractivity contribution in [2.45, 2.75) is 25.7 Å². The zero-order valence-electron chi connectivity index (χ0n) is 15.2. The average molecular weight is 376 g/mol. The Labute approximate surface area is 154 Å². The summed E-state index contributed by atoms with van der Waals surface area (Å²) < 4.78 is 31.7. The van der Waals surface area contributed by atoms with E-state index in [1.165, 1.54) is 16.4 Å². The van der Waals surface area contributed by atoms with Crippen LogP contribution in [0.1, 0.15) is 31.1 Å². The Hall–Kier alpha value is -2.38. The van der Waals surface area contributed by atoms with Gasteiger partial charge < -0.3 is 10.1 Å². The van der Waals surface area contributed by atoms with Gasteiger partial charge in [-0.25, -0.2) is 8.42 Å². The summed E-state index contributed by atoms with van der Waals surface area (Å²) in [5, 5.41) is 2.76. The van der Waals surface area contributed by atoms with Gasteiger partial charge in [0.2, 0.25) is 10.0 Å². The molecule has 0 aromatic heterocycles. The molecular formula is C19H24N2O4S. The van der Waals surface area contributed by atoms with Crippen LogP contribution in [0, 0.1) is 0 Å². The fourth-order valence-corrected chi connectivity index (χ4v) is 3.98. The van der Waals surface area contributed by atoms with Crippen molar-refractivity contribution in [3.63, 3.8) is 0 Å². The van der Waals surface area contributed by atoms with E-state index in [0.29, 0.717) is 36.7 Å². The first-order valence-electron chi connectivity index (χ1n) is 8.56. The van der Waals surface area contributed by atoms with E-state index in [4.69, 9.17) is 4.74 Å². The highest BCUT2D eigenvalue weighted by Crippen LogP contribution is 2.19. The summed E-state index contributed by atoms with van der Waals surface area (Å²) in [5.41, 5.74) is 0.992. The molecule has 0 saturated heterocycles. The predicted octanol–water partition coefficient (Wildman–Crippen LogP) is 3.37. The molecule has 2 aromatic carbocycles. The standard InChI is InChI=1S/C19H24N2O4S/c1-4-21(5-2)26(23,24)18-12-10-16(11-13-18)20-19(22)15-8-7-9-17(14-15)25-6-3/h7-14H,4-6H2,1-3H3,(H,20,22). The van der Waals surface area contributed by atoms with E-state index in [0.717, 1.165) is 0 Å². The summed E-state index contributed by atoms with van der Waals surface area (Å²) in [6.07, 6.45) is 0. The van der Waals surface area contributed by atoms with Crippen LogP contribution < -0.4 is 10.1 Å². The average Bonchev–Trinajstić information content (AvgIpc) is 2.63. The zero-order chi connectivity index (χ0) is 19.2.